The summed E-state index contributed by atoms with van der Waals surface area (Å²) in [5.41, 5.74) is 0.809. The molecule has 92 valence electrons. The van der Waals surface area contributed by atoms with Crippen LogP contribution in [-0.2, 0) is 4.79 Å². The second-order valence-electron chi connectivity index (χ2n) is 3.75. The Balaban J connectivity index is 2.01. The second-order valence-corrected chi connectivity index (χ2v) is 4.91. The third-order valence-electron chi connectivity index (χ3n) is 2.29. The van der Waals surface area contributed by atoms with Gasteiger partial charge < -0.3 is 9.73 Å². The number of hydrogen-bond donors (Lipinski definition) is 1. The smallest absolute Gasteiger partial charge is 0.248 e. The highest BCUT2D eigenvalue weighted by Gasteiger charge is 2.01. The summed E-state index contributed by atoms with van der Waals surface area (Å²) in [6.45, 7) is 1.86. The van der Waals surface area contributed by atoms with Crippen LogP contribution >= 0.6 is 22.6 Å². The zero-order chi connectivity index (χ0) is 13.0. The van der Waals surface area contributed by atoms with Crippen LogP contribution in [-0.4, -0.2) is 5.91 Å². The minimum atomic E-state index is -0.173. The average Bonchev–Trinajstić information content (AvgIpc) is 2.76. The molecule has 2 rings (SSSR count). The zero-order valence-electron chi connectivity index (χ0n) is 9.81. The van der Waals surface area contributed by atoms with Crippen LogP contribution in [0.2, 0.25) is 0 Å². The van der Waals surface area contributed by atoms with Gasteiger partial charge in [-0.2, -0.15) is 0 Å². The van der Waals surface area contributed by atoms with Gasteiger partial charge in [0.05, 0.1) is 5.69 Å². The van der Waals surface area contributed by atoms with Gasteiger partial charge in [-0.05, 0) is 59.9 Å². The Labute approximate surface area is 119 Å². The summed E-state index contributed by atoms with van der Waals surface area (Å²) in [6.07, 6.45) is 3.11. The molecule has 0 bridgehead atoms. The van der Waals surface area contributed by atoms with Crippen LogP contribution in [0.1, 0.15) is 11.5 Å². The van der Waals surface area contributed by atoms with Crippen molar-refractivity contribution < 1.29 is 9.21 Å². The number of hydrogen-bond acceptors (Lipinski definition) is 2. The van der Waals surface area contributed by atoms with Gasteiger partial charge in [0.2, 0.25) is 5.91 Å². The minimum Gasteiger partial charge on any atom is -0.462 e. The van der Waals surface area contributed by atoms with Gasteiger partial charge in [-0.25, -0.2) is 0 Å². The maximum absolute atomic E-state index is 11.7. The fraction of sp³-hybridized carbons (Fsp3) is 0.0714. The summed E-state index contributed by atoms with van der Waals surface area (Å²) in [5, 5.41) is 2.81. The molecule has 1 heterocycles. The first-order chi connectivity index (χ1) is 8.65. The number of furan rings is 1. The molecule has 2 aromatic rings. The molecular weight excluding hydrogens is 341 g/mol. The molecule has 0 aliphatic rings. The van der Waals surface area contributed by atoms with Crippen LogP contribution in [0.4, 0.5) is 5.69 Å². The number of para-hydroxylation sites is 1. The Bertz CT molecular complexity index is 587. The molecule has 0 unspecified atom stereocenters. The van der Waals surface area contributed by atoms with Gasteiger partial charge in [0, 0.05) is 9.65 Å². The van der Waals surface area contributed by atoms with E-state index in [0.717, 1.165) is 15.0 Å². The van der Waals surface area contributed by atoms with E-state index in [1.165, 1.54) is 6.08 Å². The van der Waals surface area contributed by atoms with E-state index >= 15 is 0 Å². The fourth-order valence-corrected chi connectivity index (χ4v) is 1.96. The number of carbonyl (C=O) groups excluding carboxylic acids is 1. The molecule has 0 atom stereocenters. The van der Waals surface area contributed by atoms with Crippen LogP contribution in [0.15, 0.2) is 46.9 Å². The average molecular weight is 353 g/mol. The lowest BCUT2D eigenvalue weighted by molar-refractivity contribution is -0.111. The quantitative estimate of drug-likeness (QED) is 0.673. The number of carbonyl (C=O) groups is 1. The van der Waals surface area contributed by atoms with Crippen molar-refractivity contribution in [1.82, 2.24) is 0 Å². The molecule has 3 nitrogen and oxygen atoms in total. The fourth-order valence-electron chi connectivity index (χ4n) is 1.44. The molecule has 0 aliphatic carbocycles. The summed E-state index contributed by atoms with van der Waals surface area (Å²) in [4.78, 5) is 11.7. The molecule has 1 amide bonds. The summed E-state index contributed by atoms with van der Waals surface area (Å²) < 4.78 is 6.34. The SMILES string of the molecule is Cc1ccc(/C=C/C(=O)Nc2ccccc2I)o1. The molecule has 1 aromatic carbocycles. The summed E-state index contributed by atoms with van der Waals surface area (Å²) in [7, 11) is 0. The van der Waals surface area contributed by atoms with Crippen molar-refractivity contribution in [2.75, 3.05) is 5.32 Å². The Hall–Kier alpha value is -1.56. The number of halogens is 1. The number of rotatable bonds is 3. The molecule has 1 N–H and O–H groups in total. The van der Waals surface area contributed by atoms with Crippen LogP contribution < -0.4 is 5.32 Å². The van der Waals surface area contributed by atoms with Crippen molar-refractivity contribution >= 4 is 40.3 Å². The Morgan fingerprint density at radius 3 is 2.72 bits per heavy atom. The Morgan fingerprint density at radius 2 is 2.06 bits per heavy atom. The van der Waals surface area contributed by atoms with Gasteiger partial charge in [0.25, 0.3) is 0 Å². The summed E-state index contributed by atoms with van der Waals surface area (Å²) >= 11 is 2.18. The summed E-state index contributed by atoms with van der Waals surface area (Å²) in [5.74, 6) is 1.33. The molecule has 0 saturated carbocycles. The van der Waals surface area contributed by atoms with Crippen molar-refractivity contribution in [1.29, 1.82) is 0 Å². The van der Waals surface area contributed by atoms with E-state index in [1.807, 2.05) is 43.3 Å². The molecule has 0 aliphatic heterocycles. The normalized spacial score (nSPS) is 10.8. The number of benzene rings is 1. The Morgan fingerprint density at radius 1 is 1.28 bits per heavy atom. The van der Waals surface area contributed by atoms with Crippen molar-refractivity contribution in [3.63, 3.8) is 0 Å². The van der Waals surface area contributed by atoms with E-state index in [2.05, 4.69) is 27.9 Å². The van der Waals surface area contributed by atoms with Crippen molar-refractivity contribution in [3.05, 3.63) is 57.6 Å². The van der Waals surface area contributed by atoms with Crippen LogP contribution in [0.3, 0.4) is 0 Å². The van der Waals surface area contributed by atoms with E-state index < -0.39 is 0 Å². The first kappa shape index (κ1) is 12.9. The van der Waals surface area contributed by atoms with Gasteiger partial charge in [-0.3, -0.25) is 4.79 Å². The molecule has 1 aromatic heterocycles. The highest BCUT2D eigenvalue weighted by molar-refractivity contribution is 14.1. The predicted octanol–water partition coefficient (Wildman–Crippen LogP) is 3.84. The first-order valence-corrected chi connectivity index (χ1v) is 6.53. The number of aryl methyl sites for hydroxylation is 1. The highest BCUT2D eigenvalue weighted by atomic mass is 127. The van der Waals surface area contributed by atoms with E-state index in [4.69, 9.17) is 4.42 Å². The van der Waals surface area contributed by atoms with E-state index in [1.54, 1.807) is 6.08 Å². The van der Waals surface area contributed by atoms with Gasteiger partial charge >= 0.3 is 0 Å². The van der Waals surface area contributed by atoms with Gasteiger partial charge in [-0.1, -0.05) is 12.1 Å². The monoisotopic (exact) mass is 353 g/mol. The van der Waals surface area contributed by atoms with Crippen LogP contribution in [0.25, 0.3) is 6.08 Å². The lowest BCUT2D eigenvalue weighted by Gasteiger charge is -2.03. The lowest BCUT2D eigenvalue weighted by Crippen LogP contribution is -2.08. The largest absolute Gasteiger partial charge is 0.462 e. The molecule has 0 radical (unpaired) electrons. The Kier molecular flexibility index (Phi) is 4.19. The summed E-state index contributed by atoms with van der Waals surface area (Å²) in [6, 6.07) is 11.3. The molecule has 18 heavy (non-hydrogen) atoms. The number of nitrogens with one attached hydrogen (secondary N) is 1. The van der Waals surface area contributed by atoms with E-state index in [9.17, 15) is 4.79 Å². The molecule has 0 spiro atoms. The van der Waals surface area contributed by atoms with E-state index in [-0.39, 0.29) is 5.91 Å². The highest BCUT2D eigenvalue weighted by Crippen LogP contribution is 2.17. The number of amides is 1. The lowest BCUT2D eigenvalue weighted by atomic mass is 10.3. The number of anilines is 1. The second kappa shape index (κ2) is 5.86. The van der Waals surface area contributed by atoms with Crippen molar-refractivity contribution in [2.24, 2.45) is 0 Å². The maximum Gasteiger partial charge on any atom is 0.248 e. The third kappa shape index (κ3) is 3.46. The van der Waals surface area contributed by atoms with Gasteiger partial charge in [0.15, 0.2) is 0 Å². The van der Waals surface area contributed by atoms with E-state index in [0.29, 0.717) is 5.76 Å². The first-order valence-electron chi connectivity index (χ1n) is 5.45. The van der Waals surface area contributed by atoms with Crippen LogP contribution in [0, 0.1) is 10.5 Å². The third-order valence-corrected chi connectivity index (χ3v) is 3.23. The standard InChI is InChI=1S/C14H12INO2/c1-10-6-7-11(18-10)8-9-14(17)16-13-5-3-2-4-12(13)15/h2-9H,1H3,(H,16,17)/b9-8+. The van der Waals surface area contributed by atoms with Crippen LogP contribution in [0.5, 0.6) is 0 Å². The molecule has 4 heteroatoms. The molecular formula is C14H12INO2. The zero-order valence-corrected chi connectivity index (χ0v) is 12.0. The van der Waals surface area contributed by atoms with Gasteiger partial charge in [-0.15, -0.1) is 0 Å². The van der Waals surface area contributed by atoms with Crippen molar-refractivity contribution in [2.45, 2.75) is 6.92 Å². The molecule has 0 fully saturated rings. The van der Waals surface area contributed by atoms with Crippen molar-refractivity contribution in [3.8, 4) is 0 Å². The maximum atomic E-state index is 11.7. The molecule has 0 saturated heterocycles. The van der Waals surface area contributed by atoms with Gasteiger partial charge in [0.1, 0.15) is 11.5 Å². The topological polar surface area (TPSA) is 42.2 Å². The predicted molar refractivity (Wildman–Crippen MR) is 80.3 cm³/mol. The minimum absolute atomic E-state index is 0.173.